The molecule has 0 N–H and O–H groups in total. The van der Waals surface area contributed by atoms with Gasteiger partial charge in [-0.25, -0.2) is 0 Å². The number of hydrogen-bond donors (Lipinski definition) is 0. The molecule has 0 saturated heterocycles. The fraction of sp³-hybridized carbons (Fsp3) is 0.700. The van der Waals surface area contributed by atoms with Gasteiger partial charge in [-0.1, -0.05) is 49.0 Å². The van der Waals surface area contributed by atoms with Crippen LogP contribution in [0, 0.1) is 17.8 Å². The van der Waals surface area contributed by atoms with E-state index in [0.29, 0.717) is 0 Å². The number of rotatable bonds is 6. The highest BCUT2D eigenvalue weighted by Gasteiger charge is 2.44. The minimum Gasteiger partial charge on any atom is -0.465 e. The summed E-state index contributed by atoms with van der Waals surface area (Å²) in [6.45, 7) is 11.0. The molecule has 4 nitrogen and oxygen atoms in total. The molecule has 140 valence electrons. The van der Waals surface area contributed by atoms with Crippen LogP contribution in [0.1, 0.15) is 39.5 Å². The summed E-state index contributed by atoms with van der Waals surface area (Å²) in [6, 6.07) is 0. The largest absolute Gasteiger partial charge is 0.465 e. The third kappa shape index (κ3) is 4.63. The minimum atomic E-state index is -1.55. The molecule has 0 aliphatic heterocycles. The Morgan fingerprint density at radius 1 is 1.12 bits per heavy atom. The number of hydrogen-bond acceptors (Lipinski definition) is 4. The van der Waals surface area contributed by atoms with Crippen LogP contribution in [0.2, 0.25) is 19.6 Å². The van der Waals surface area contributed by atoms with Gasteiger partial charge >= 0.3 is 11.9 Å². The van der Waals surface area contributed by atoms with E-state index in [0.717, 1.165) is 19.3 Å². The second-order valence-corrected chi connectivity index (χ2v) is 13.1. The lowest BCUT2D eigenvalue weighted by Crippen LogP contribution is -2.41. The Morgan fingerprint density at radius 3 is 2.24 bits per heavy atom. The number of fused-ring (bicyclic) bond motifs is 1. The molecular weight excluding hydrogens is 332 g/mol. The van der Waals surface area contributed by atoms with E-state index in [4.69, 9.17) is 9.47 Å². The first-order valence-electron chi connectivity index (χ1n) is 9.55. The highest BCUT2D eigenvalue weighted by Crippen LogP contribution is 2.44. The Kier molecular flexibility index (Phi) is 6.66. The van der Waals surface area contributed by atoms with Gasteiger partial charge in [0.25, 0.3) is 0 Å². The monoisotopic (exact) mass is 364 g/mol. The van der Waals surface area contributed by atoms with Crippen molar-refractivity contribution in [1.82, 2.24) is 0 Å². The van der Waals surface area contributed by atoms with Crippen molar-refractivity contribution in [1.29, 1.82) is 0 Å². The Morgan fingerprint density at radius 2 is 1.72 bits per heavy atom. The van der Waals surface area contributed by atoms with Gasteiger partial charge in [-0.3, -0.25) is 9.59 Å². The van der Waals surface area contributed by atoms with Gasteiger partial charge in [-0.05, 0) is 39.0 Å². The predicted octanol–water partition coefficient (Wildman–Crippen LogP) is 4.28. The van der Waals surface area contributed by atoms with Crippen molar-refractivity contribution in [2.45, 2.75) is 59.2 Å². The van der Waals surface area contributed by atoms with Crippen LogP contribution in [0.5, 0.6) is 0 Å². The van der Waals surface area contributed by atoms with Crippen molar-refractivity contribution in [3.8, 4) is 0 Å². The van der Waals surface area contributed by atoms with Crippen molar-refractivity contribution in [2.75, 3.05) is 13.2 Å². The van der Waals surface area contributed by atoms with E-state index in [2.05, 4.69) is 31.8 Å². The van der Waals surface area contributed by atoms with Crippen molar-refractivity contribution in [3.05, 3.63) is 22.9 Å². The molecule has 0 aromatic heterocycles. The van der Waals surface area contributed by atoms with Crippen LogP contribution in [0.25, 0.3) is 0 Å². The normalized spacial score (nSPS) is 23.4. The molecule has 2 atom stereocenters. The van der Waals surface area contributed by atoms with Gasteiger partial charge in [0.15, 0.2) is 5.92 Å². The van der Waals surface area contributed by atoms with Crippen LogP contribution in [0.3, 0.4) is 0 Å². The number of carbonyl (C=O) groups is 2. The summed E-state index contributed by atoms with van der Waals surface area (Å²) in [6.07, 6.45) is 9.00. The van der Waals surface area contributed by atoms with Gasteiger partial charge in [0.1, 0.15) is 0 Å². The average molecular weight is 365 g/mol. The van der Waals surface area contributed by atoms with Gasteiger partial charge in [0.2, 0.25) is 0 Å². The molecule has 2 aliphatic rings. The smallest absolute Gasteiger partial charge is 0.320 e. The molecule has 2 aliphatic carbocycles. The lowest BCUT2D eigenvalue weighted by atomic mass is 9.69. The summed E-state index contributed by atoms with van der Waals surface area (Å²) < 4.78 is 10.5. The second kappa shape index (κ2) is 8.34. The predicted molar refractivity (Wildman–Crippen MR) is 102 cm³/mol. The first-order chi connectivity index (χ1) is 11.8. The first kappa shape index (κ1) is 20.0. The minimum absolute atomic E-state index is 0.139. The molecule has 0 unspecified atom stereocenters. The maximum Gasteiger partial charge on any atom is 0.320 e. The van der Waals surface area contributed by atoms with Crippen LogP contribution in [0.4, 0.5) is 0 Å². The van der Waals surface area contributed by atoms with Crippen LogP contribution >= 0.6 is 0 Å². The van der Waals surface area contributed by atoms with Gasteiger partial charge < -0.3 is 9.47 Å². The first-order valence-corrected chi connectivity index (χ1v) is 13.1. The molecule has 0 aromatic carbocycles. The molecule has 0 bridgehead atoms. The van der Waals surface area contributed by atoms with Crippen LogP contribution in [-0.2, 0) is 19.1 Å². The van der Waals surface area contributed by atoms with E-state index < -0.39 is 25.9 Å². The summed E-state index contributed by atoms with van der Waals surface area (Å²) >= 11 is 0. The topological polar surface area (TPSA) is 52.6 Å². The van der Waals surface area contributed by atoms with Crippen LogP contribution in [-0.4, -0.2) is 33.2 Å². The van der Waals surface area contributed by atoms with Crippen molar-refractivity contribution in [2.24, 2.45) is 17.8 Å². The van der Waals surface area contributed by atoms with E-state index in [9.17, 15) is 9.59 Å². The lowest BCUT2D eigenvalue weighted by molar-refractivity contribution is -0.164. The van der Waals surface area contributed by atoms with E-state index in [1.165, 1.54) is 17.2 Å². The summed E-state index contributed by atoms with van der Waals surface area (Å²) in [7, 11) is -1.55. The molecule has 1 saturated carbocycles. The van der Waals surface area contributed by atoms with E-state index >= 15 is 0 Å². The Labute approximate surface area is 152 Å². The summed E-state index contributed by atoms with van der Waals surface area (Å²) in [5.74, 6) is -1.61. The summed E-state index contributed by atoms with van der Waals surface area (Å²) in [5.41, 5.74) is 1.41. The Balaban J connectivity index is 2.44. The maximum atomic E-state index is 12.6. The van der Waals surface area contributed by atoms with Gasteiger partial charge in [0, 0.05) is 5.92 Å². The highest BCUT2D eigenvalue weighted by atomic mass is 28.3. The fourth-order valence-electron chi connectivity index (χ4n) is 3.92. The Hall–Kier alpha value is -1.36. The quantitative estimate of drug-likeness (QED) is 0.401. The standard InChI is InChI=1S/C20H32O4Si/c1-6-23-19(21)18(20(22)24-7-2)17-13-15(25(3,4)5)12-14-10-8-9-11-16(14)17/h12-13,16-18H,6-11H2,1-5H3/t16-,17-/m1/s1. The molecule has 2 rings (SSSR count). The average Bonchev–Trinajstić information content (AvgIpc) is 2.54. The molecule has 0 radical (unpaired) electrons. The Bertz CT molecular complexity index is 553. The molecule has 0 spiro atoms. The number of esters is 2. The molecule has 5 heteroatoms. The highest BCUT2D eigenvalue weighted by molar-refractivity contribution is 6.83. The van der Waals surface area contributed by atoms with Gasteiger partial charge in [-0.2, -0.15) is 0 Å². The SMILES string of the molecule is CCOC(=O)C(C(=O)OCC)[C@@H]1C=C([Si](C)(C)C)C=C2CCCC[C@H]21. The lowest BCUT2D eigenvalue weighted by Gasteiger charge is -2.39. The van der Waals surface area contributed by atoms with Gasteiger partial charge in [-0.15, -0.1) is 0 Å². The summed E-state index contributed by atoms with van der Waals surface area (Å²) in [5, 5.41) is 1.34. The summed E-state index contributed by atoms with van der Waals surface area (Å²) in [4.78, 5) is 25.3. The number of allylic oxidation sites excluding steroid dienone is 4. The van der Waals surface area contributed by atoms with E-state index in [1.54, 1.807) is 13.8 Å². The van der Waals surface area contributed by atoms with E-state index in [-0.39, 0.29) is 25.0 Å². The van der Waals surface area contributed by atoms with Crippen molar-refractivity contribution >= 4 is 20.0 Å². The van der Waals surface area contributed by atoms with Crippen LogP contribution in [0.15, 0.2) is 22.9 Å². The zero-order chi connectivity index (χ0) is 18.6. The number of carbonyl (C=O) groups excluding carboxylic acids is 2. The fourth-order valence-corrected chi connectivity index (χ4v) is 5.23. The molecule has 0 aromatic rings. The molecule has 0 heterocycles. The number of ether oxygens (including phenoxy) is 2. The molecule has 25 heavy (non-hydrogen) atoms. The van der Waals surface area contributed by atoms with Crippen molar-refractivity contribution in [3.63, 3.8) is 0 Å². The molecule has 1 fully saturated rings. The van der Waals surface area contributed by atoms with Crippen LogP contribution < -0.4 is 0 Å². The third-order valence-corrected chi connectivity index (χ3v) is 7.26. The van der Waals surface area contributed by atoms with Gasteiger partial charge in [0.05, 0.1) is 21.3 Å². The second-order valence-electron chi connectivity index (χ2n) is 8.00. The van der Waals surface area contributed by atoms with Crippen molar-refractivity contribution < 1.29 is 19.1 Å². The maximum absolute atomic E-state index is 12.6. The third-order valence-electron chi connectivity index (χ3n) is 5.22. The van der Waals surface area contributed by atoms with E-state index in [1.807, 2.05) is 0 Å². The zero-order valence-electron chi connectivity index (χ0n) is 16.3. The molecular formula is C20H32O4Si. The zero-order valence-corrected chi connectivity index (χ0v) is 17.3. The molecule has 0 amide bonds.